The van der Waals surface area contributed by atoms with E-state index in [1.54, 1.807) is 0 Å². The Morgan fingerprint density at radius 2 is 2.26 bits per heavy atom. The number of aromatic amines is 1. The highest BCUT2D eigenvalue weighted by atomic mass is 79.9. The topological polar surface area (TPSA) is 88.1 Å². The van der Waals surface area contributed by atoms with E-state index in [1.165, 1.54) is 6.26 Å². The van der Waals surface area contributed by atoms with E-state index in [9.17, 15) is 5.11 Å². The molecule has 0 aliphatic heterocycles. The van der Waals surface area contributed by atoms with Crippen LogP contribution in [0.5, 0.6) is 0 Å². The van der Waals surface area contributed by atoms with Crippen molar-refractivity contribution in [2.75, 3.05) is 5.73 Å². The van der Waals surface area contributed by atoms with Crippen LogP contribution >= 0.6 is 15.9 Å². The molecule has 0 bridgehead atoms. The number of benzene rings is 1. The number of aromatic nitrogens is 2. The smallest absolute Gasteiger partial charge is 0.292 e. The van der Waals surface area contributed by atoms with Crippen molar-refractivity contribution in [2.24, 2.45) is 0 Å². The minimum Gasteiger partial charge on any atom is -0.432 e. The maximum absolute atomic E-state index is 9.51. The van der Waals surface area contributed by atoms with E-state index < -0.39 is 0 Å². The minimum absolute atomic E-state index is 0.109. The molecule has 2 aromatic heterocycles. The van der Waals surface area contributed by atoms with E-state index in [0.29, 0.717) is 11.4 Å². The van der Waals surface area contributed by atoms with Crippen molar-refractivity contribution in [2.45, 2.75) is 13.5 Å². The molecule has 2 heterocycles. The van der Waals surface area contributed by atoms with Gasteiger partial charge in [-0.05, 0) is 40.5 Å². The first kappa shape index (κ1) is 12.3. The van der Waals surface area contributed by atoms with Crippen molar-refractivity contribution >= 4 is 32.8 Å². The van der Waals surface area contributed by atoms with Crippen LogP contribution in [0.3, 0.4) is 0 Å². The van der Waals surface area contributed by atoms with Crippen LogP contribution in [0.15, 0.2) is 27.3 Å². The number of rotatable bonds is 2. The molecule has 0 radical (unpaired) electrons. The number of hydrogen-bond donors (Lipinski definition) is 3. The molecule has 3 aromatic rings. The molecule has 0 fully saturated rings. The van der Waals surface area contributed by atoms with Gasteiger partial charge in [0.2, 0.25) is 0 Å². The van der Waals surface area contributed by atoms with Gasteiger partial charge in [0.05, 0.1) is 17.8 Å². The van der Waals surface area contributed by atoms with E-state index in [0.717, 1.165) is 26.5 Å². The summed E-state index contributed by atoms with van der Waals surface area (Å²) in [6.45, 7) is 1.90. The second-order valence-electron chi connectivity index (χ2n) is 4.38. The summed E-state index contributed by atoms with van der Waals surface area (Å²) in [7, 11) is 0. The number of hydrogen-bond acceptors (Lipinski definition) is 4. The van der Waals surface area contributed by atoms with Crippen LogP contribution < -0.4 is 5.73 Å². The summed E-state index contributed by atoms with van der Waals surface area (Å²) in [6, 6.07) is 4.16. The molecule has 0 aliphatic carbocycles. The predicted octanol–water partition coefficient (Wildman–Crippen LogP) is 2.97. The highest BCUT2D eigenvalue weighted by Crippen LogP contribution is 2.36. The van der Waals surface area contributed by atoms with Crippen molar-refractivity contribution in [3.63, 3.8) is 0 Å². The number of nitrogens with two attached hydrogens (primary N) is 1. The average Bonchev–Trinajstić information content (AvgIpc) is 2.92. The summed E-state index contributed by atoms with van der Waals surface area (Å²) in [5, 5.41) is 10.5. The number of nitrogens with zero attached hydrogens (tertiary/aromatic N) is 1. The number of nitrogens with one attached hydrogen (secondary N) is 1. The number of oxazole rings is 1. The Bertz CT molecular complexity index is 761. The van der Waals surface area contributed by atoms with Crippen LogP contribution in [0.4, 0.5) is 6.01 Å². The lowest BCUT2D eigenvalue weighted by molar-refractivity contribution is 0.278. The molecular formula is C13H12BrN3O2. The van der Waals surface area contributed by atoms with Gasteiger partial charge >= 0.3 is 0 Å². The summed E-state index contributed by atoms with van der Waals surface area (Å²) in [6.07, 6.45) is 1.49. The van der Waals surface area contributed by atoms with E-state index in [2.05, 4.69) is 25.9 Å². The first-order valence-electron chi connectivity index (χ1n) is 5.73. The lowest BCUT2D eigenvalue weighted by atomic mass is 10.1. The van der Waals surface area contributed by atoms with Crippen molar-refractivity contribution in [3.8, 4) is 11.3 Å². The van der Waals surface area contributed by atoms with Crippen LogP contribution in [0.25, 0.3) is 22.2 Å². The fourth-order valence-corrected chi connectivity index (χ4v) is 2.93. The zero-order chi connectivity index (χ0) is 13.6. The van der Waals surface area contributed by atoms with Crippen LogP contribution in [0.1, 0.15) is 11.3 Å². The molecule has 0 unspecified atom stereocenters. The molecule has 98 valence electrons. The highest BCUT2D eigenvalue weighted by Gasteiger charge is 2.17. The number of nitrogen functional groups attached to an aromatic ring is 1. The molecule has 0 aliphatic rings. The van der Waals surface area contributed by atoms with Crippen LogP contribution in [-0.2, 0) is 6.61 Å². The number of halogens is 1. The third-order valence-corrected chi connectivity index (χ3v) is 3.64. The zero-order valence-electron chi connectivity index (χ0n) is 10.2. The third-order valence-electron chi connectivity index (χ3n) is 3.02. The number of fused-ring (bicyclic) bond motifs is 1. The predicted molar refractivity (Wildman–Crippen MR) is 76.6 cm³/mol. The SMILES string of the molecule is Cc1cc(Br)c2[nH]c(CO)c(-c3coc(N)n3)c2c1. The van der Waals surface area contributed by atoms with Gasteiger partial charge in [-0.1, -0.05) is 0 Å². The summed E-state index contributed by atoms with van der Waals surface area (Å²) >= 11 is 3.52. The number of H-pyrrole nitrogens is 1. The molecule has 5 nitrogen and oxygen atoms in total. The number of aliphatic hydroxyl groups excluding tert-OH is 1. The van der Waals surface area contributed by atoms with Crippen molar-refractivity contribution in [3.05, 3.63) is 34.1 Å². The first-order valence-corrected chi connectivity index (χ1v) is 6.52. The second kappa shape index (κ2) is 4.40. The van der Waals surface area contributed by atoms with Crippen molar-refractivity contribution in [1.29, 1.82) is 0 Å². The molecule has 0 saturated heterocycles. The Kier molecular flexibility index (Phi) is 2.83. The Hall–Kier alpha value is -1.79. The van der Waals surface area contributed by atoms with Gasteiger partial charge in [-0.3, -0.25) is 0 Å². The molecule has 19 heavy (non-hydrogen) atoms. The van der Waals surface area contributed by atoms with Crippen LogP contribution in [0.2, 0.25) is 0 Å². The fourth-order valence-electron chi connectivity index (χ4n) is 2.26. The van der Waals surface area contributed by atoms with Gasteiger partial charge in [0, 0.05) is 15.4 Å². The van der Waals surface area contributed by atoms with Gasteiger partial charge < -0.3 is 20.2 Å². The molecule has 1 aromatic carbocycles. The maximum atomic E-state index is 9.51. The van der Waals surface area contributed by atoms with Crippen molar-refractivity contribution in [1.82, 2.24) is 9.97 Å². The Morgan fingerprint density at radius 1 is 1.47 bits per heavy atom. The van der Waals surface area contributed by atoms with Gasteiger partial charge in [-0.15, -0.1) is 0 Å². The number of anilines is 1. The normalized spacial score (nSPS) is 11.3. The van der Waals surface area contributed by atoms with E-state index in [4.69, 9.17) is 10.2 Å². The van der Waals surface area contributed by atoms with Gasteiger partial charge in [0.25, 0.3) is 6.01 Å². The molecule has 0 amide bonds. The van der Waals surface area contributed by atoms with E-state index in [1.807, 2.05) is 19.1 Å². The maximum Gasteiger partial charge on any atom is 0.292 e. The third kappa shape index (κ3) is 1.93. The highest BCUT2D eigenvalue weighted by molar-refractivity contribution is 9.10. The molecule has 4 N–H and O–H groups in total. The average molecular weight is 322 g/mol. The molecule has 0 atom stereocenters. The second-order valence-corrected chi connectivity index (χ2v) is 5.23. The van der Waals surface area contributed by atoms with Gasteiger partial charge in [-0.25, -0.2) is 0 Å². The van der Waals surface area contributed by atoms with Crippen LogP contribution in [0, 0.1) is 6.92 Å². The fraction of sp³-hybridized carbons (Fsp3) is 0.154. The number of aryl methyl sites for hydroxylation is 1. The monoisotopic (exact) mass is 321 g/mol. The molecule has 6 heteroatoms. The molecule has 0 spiro atoms. The Morgan fingerprint density at radius 3 is 2.89 bits per heavy atom. The summed E-state index contributed by atoms with van der Waals surface area (Å²) < 4.78 is 6.00. The van der Waals surface area contributed by atoms with E-state index in [-0.39, 0.29) is 12.6 Å². The summed E-state index contributed by atoms with van der Waals surface area (Å²) in [5.41, 5.74) is 9.68. The standard InChI is InChI=1S/C13H12BrN3O2/c1-6-2-7-11(10-5-19-13(15)17-10)9(4-18)16-12(7)8(14)3-6/h2-3,5,16,18H,4H2,1H3,(H2,15,17). The molecule has 0 saturated carbocycles. The minimum atomic E-state index is -0.109. The quantitative estimate of drug-likeness (QED) is 0.677. The molecule has 3 rings (SSSR count). The lowest BCUT2D eigenvalue weighted by Crippen LogP contribution is -1.88. The van der Waals surface area contributed by atoms with E-state index >= 15 is 0 Å². The van der Waals surface area contributed by atoms with Gasteiger partial charge in [-0.2, -0.15) is 4.98 Å². The largest absolute Gasteiger partial charge is 0.432 e. The van der Waals surface area contributed by atoms with Gasteiger partial charge in [0.15, 0.2) is 0 Å². The molecular weight excluding hydrogens is 310 g/mol. The van der Waals surface area contributed by atoms with Gasteiger partial charge in [0.1, 0.15) is 12.0 Å². The van der Waals surface area contributed by atoms with Crippen molar-refractivity contribution < 1.29 is 9.52 Å². The summed E-state index contributed by atoms with van der Waals surface area (Å²) in [4.78, 5) is 7.33. The number of aliphatic hydroxyl groups is 1. The first-order chi connectivity index (χ1) is 9.10. The van der Waals surface area contributed by atoms with Crippen LogP contribution in [-0.4, -0.2) is 15.1 Å². The summed E-state index contributed by atoms with van der Waals surface area (Å²) in [5.74, 6) is 0. The Labute approximate surface area is 117 Å². The Balaban J connectivity index is 2.38. The zero-order valence-corrected chi connectivity index (χ0v) is 11.8. The lowest BCUT2D eigenvalue weighted by Gasteiger charge is -1.99.